The van der Waals surface area contributed by atoms with E-state index in [1.165, 1.54) is 6.08 Å². The van der Waals surface area contributed by atoms with Crippen molar-refractivity contribution >= 4 is 29.4 Å². The molecular weight excluding hydrogens is 451 g/mol. The zero-order valence-corrected chi connectivity index (χ0v) is 19.7. The number of hydrogen-bond acceptors (Lipinski definition) is 5. The van der Waals surface area contributed by atoms with Crippen molar-refractivity contribution in [3.8, 4) is 0 Å². The predicted octanol–water partition coefficient (Wildman–Crippen LogP) is 3.16. The molecule has 10 heteroatoms. The lowest BCUT2D eigenvalue weighted by Gasteiger charge is -2.28. The Labute approximate surface area is 188 Å². The Morgan fingerprint density at radius 1 is 1.16 bits per heavy atom. The summed E-state index contributed by atoms with van der Waals surface area (Å²) >= 11 is 0. The Balaban J connectivity index is 2.29. The largest absolute Gasteiger partial charge is 0.481 e. The second kappa shape index (κ2) is 11.0. The summed E-state index contributed by atoms with van der Waals surface area (Å²) in [4.78, 5) is 22.7. The molecule has 0 amide bonds. The Morgan fingerprint density at radius 2 is 1.81 bits per heavy atom. The summed E-state index contributed by atoms with van der Waals surface area (Å²) in [7, 11) is -8.35. The highest BCUT2D eigenvalue weighted by Crippen LogP contribution is 2.51. The van der Waals surface area contributed by atoms with Gasteiger partial charge in [-0.3, -0.25) is 9.36 Å². The maximum Gasteiger partial charge on any atom is 0.311 e. The molecule has 3 atom stereocenters. The fraction of sp³-hybridized carbons (Fsp3) is 0.318. The van der Waals surface area contributed by atoms with Gasteiger partial charge in [0.2, 0.25) is 17.4 Å². The number of carboxylic acids is 1. The van der Waals surface area contributed by atoms with Crippen LogP contribution in [0, 0.1) is 5.92 Å². The number of nitrogens with two attached hydrogens (primary N) is 1. The fourth-order valence-electron chi connectivity index (χ4n) is 3.26. The van der Waals surface area contributed by atoms with E-state index in [4.69, 9.17) is 5.73 Å². The predicted molar refractivity (Wildman–Crippen MR) is 126 cm³/mol. The van der Waals surface area contributed by atoms with Gasteiger partial charge < -0.3 is 15.7 Å². The molecule has 0 bridgehead atoms. The highest BCUT2D eigenvalue weighted by molar-refractivity contribution is 7.92. The molecule has 0 aromatic heterocycles. The summed E-state index contributed by atoms with van der Waals surface area (Å²) in [6, 6.07) is 15.2. The van der Waals surface area contributed by atoms with E-state index in [0.29, 0.717) is 16.7 Å². The average molecular weight is 481 g/mol. The maximum atomic E-state index is 13.3. The minimum Gasteiger partial charge on any atom is -0.481 e. The molecule has 8 nitrogen and oxygen atoms in total. The zero-order chi connectivity index (χ0) is 23.9. The van der Waals surface area contributed by atoms with E-state index in [2.05, 4.69) is 4.72 Å². The lowest BCUT2D eigenvalue weighted by molar-refractivity contribution is -0.138. The quantitative estimate of drug-likeness (QED) is 0.361. The van der Waals surface area contributed by atoms with Gasteiger partial charge in [-0.1, -0.05) is 68.4 Å². The van der Waals surface area contributed by atoms with Gasteiger partial charge in [-0.05, 0) is 28.7 Å². The minimum atomic E-state index is -4.29. The van der Waals surface area contributed by atoms with Crippen LogP contribution in [0.2, 0.25) is 0 Å². The maximum absolute atomic E-state index is 13.3. The first-order valence-corrected chi connectivity index (χ1v) is 13.5. The molecule has 2 aromatic carbocycles. The van der Waals surface area contributed by atoms with Gasteiger partial charge >= 0.3 is 5.97 Å². The van der Waals surface area contributed by atoms with Gasteiger partial charge in [0.1, 0.15) is 5.78 Å². The monoisotopic (exact) mass is 480 g/mol. The van der Waals surface area contributed by atoms with Crippen molar-refractivity contribution < 1.29 is 27.8 Å². The van der Waals surface area contributed by atoms with Gasteiger partial charge in [-0.2, -0.15) is 4.72 Å². The highest BCUT2D eigenvalue weighted by atomic mass is 32.2. The topological polar surface area (TPSA) is 147 Å². The summed E-state index contributed by atoms with van der Waals surface area (Å²) in [5.41, 5.74) is 7.29. The summed E-state index contributed by atoms with van der Waals surface area (Å²) in [6.45, 7) is 3.39. The van der Waals surface area contributed by atoms with E-state index in [1.807, 2.05) is 0 Å². The molecule has 0 aliphatic heterocycles. The van der Waals surface area contributed by atoms with Crippen molar-refractivity contribution in [1.82, 2.24) is 4.72 Å². The second-order valence-corrected chi connectivity index (χ2v) is 11.9. The van der Waals surface area contributed by atoms with E-state index in [-0.39, 0.29) is 6.54 Å². The fourth-order valence-corrected chi connectivity index (χ4v) is 7.43. The third-order valence-corrected chi connectivity index (χ3v) is 8.66. The Hall–Kier alpha value is -2.29. The van der Waals surface area contributed by atoms with Crippen molar-refractivity contribution in [2.45, 2.75) is 32.1 Å². The first-order chi connectivity index (χ1) is 14.9. The second-order valence-electron chi connectivity index (χ2n) is 7.84. The molecule has 0 fully saturated rings. The smallest absolute Gasteiger partial charge is 0.311 e. The SMILES string of the molecule is CC(C)C(NS(=O)(=O)/C=C/c1ccccc1)P(=O)(O)CC(C(=O)O)c1cccc(CN)c1. The molecule has 0 aliphatic carbocycles. The van der Waals surface area contributed by atoms with Gasteiger partial charge in [0.15, 0.2) is 0 Å². The van der Waals surface area contributed by atoms with E-state index < -0.39 is 47.1 Å². The van der Waals surface area contributed by atoms with Crippen LogP contribution in [0.15, 0.2) is 60.0 Å². The summed E-state index contributed by atoms with van der Waals surface area (Å²) in [5.74, 6) is -4.48. The van der Waals surface area contributed by atoms with Gasteiger partial charge in [0.25, 0.3) is 0 Å². The number of carbonyl (C=O) groups is 1. The van der Waals surface area contributed by atoms with Gasteiger partial charge in [-0.25, -0.2) is 8.42 Å². The van der Waals surface area contributed by atoms with Crippen LogP contribution >= 0.6 is 7.37 Å². The van der Waals surface area contributed by atoms with E-state index in [1.54, 1.807) is 68.4 Å². The van der Waals surface area contributed by atoms with Crippen molar-refractivity contribution in [3.05, 3.63) is 76.7 Å². The van der Waals surface area contributed by atoms with Crippen LogP contribution in [0.25, 0.3) is 6.08 Å². The molecular formula is C22H29N2O6PS. The summed E-state index contributed by atoms with van der Waals surface area (Å²) in [5, 5.41) is 10.6. The van der Waals surface area contributed by atoms with Gasteiger partial charge in [0, 0.05) is 18.1 Å². The Kier molecular flexibility index (Phi) is 8.95. The van der Waals surface area contributed by atoms with Crippen molar-refractivity contribution in [2.75, 3.05) is 6.16 Å². The molecule has 174 valence electrons. The lowest BCUT2D eigenvalue weighted by atomic mass is 9.99. The molecule has 3 unspecified atom stereocenters. The van der Waals surface area contributed by atoms with Crippen LogP contribution in [0.4, 0.5) is 0 Å². The van der Waals surface area contributed by atoms with E-state index >= 15 is 0 Å². The molecule has 0 aliphatic rings. The first-order valence-electron chi connectivity index (χ1n) is 10.0. The Bertz CT molecular complexity index is 1100. The summed E-state index contributed by atoms with van der Waals surface area (Å²) < 4.78 is 40.7. The zero-order valence-electron chi connectivity index (χ0n) is 18.0. The molecule has 0 saturated heterocycles. The van der Waals surface area contributed by atoms with Crippen LogP contribution in [0.3, 0.4) is 0 Å². The number of benzene rings is 2. The van der Waals surface area contributed by atoms with E-state index in [9.17, 15) is 27.8 Å². The van der Waals surface area contributed by atoms with Gasteiger partial charge in [-0.15, -0.1) is 0 Å². The lowest BCUT2D eigenvalue weighted by Crippen LogP contribution is -2.38. The molecule has 2 rings (SSSR count). The number of carboxylic acid groups (broad SMARTS) is 1. The summed E-state index contributed by atoms with van der Waals surface area (Å²) in [6.07, 6.45) is 0.754. The van der Waals surface area contributed by atoms with Crippen LogP contribution < -0.4 is 10.5 Å². The van der Waals surface area contributed by atoms with Crippen molar-refractivity contribution in [2.24, 2.45) is 11.7 Å². The number of sulfonamides is 1. The average Bonchev–Trinajstić information content (AvgIpc) is 2.75. The molecule has 32 heavy (non-hydrogen) atoms. The molecule has 0 saturated carbocycles. The molecule has 0 spiro atoms. The number of rotatable bonds is 11. The number of nitrogens with one attached hydrogen (secondary N) is 1. The Morgan fingerprint density at radius 3 is 2.38 bits per heavy atom. The van der Waals surface area contributed by atoms with Crippen LogP contribution in [0.1, 0.15) is 36.5 Å². The third-order valence-electron chi connectivity index (χ3n) is 4.92. The molecule has 0 radical (unpaired) electrons. The highest BCUT2D eigenvalue weighted by Gasteiger charge is 2.40. The molecule has 2 aromatic rings. The normalized spacial score (nSPS) is 16.0. The number of hydrogen-bond donors (Lipinski definition) is 4. The standard InChI is InChI=1S/C22H29N2O6PS/c1-16(2)21(24-32(29,30)12-11-17-7-4-3-5-8-17)31(27,28)15-20(22(25)26)19-10-6-9-18(13-19)14-23/h3-13,16,20-21,24H,14-15,23H2,1-2H3,(H,25,26)(H,27,28)/b12-11+. The molecule has 5 N–H and O–H groups in total. The van der Waals surface area contributed by atoms with E-state index in [0.717, 1.165) is 5.41 Å². The van der Waals surface area contributed by atoms with Crippen LogP contribution in [-0.4, -0.2) is 36.3 Å². The molecule has 0 heterocycles. The van der Waals surface area contributed by atoms with Gasteiger partial charge in [0.05, 0.1) is 5.92 Å². The van der Waals surface area contributed by atoms with Crippen molar-refractivity contribution in [3.63, 3.8) is 0 Å². The third kappa shape index (κ3) is 7.39. The first kappa shape index (κ1) is 26.0. The van der Waals surface area contributed by atoms with Crippen LogP contribution in [0.5, 0.6) is 0 Å². The van der Waals surface area contributed by atoms with Crippen molar-refractivity contribution in [1.29, 1.82) is 0 Å². The van der Waals surface area contributed by atoms with Crippen LogP contribution in [-0.2, 0) is 25.9 Å². The minimum absolute atomic E-state index is 0.194. The number of aliphatic carboxylic acids is 1.